The smallest absolute Gasteiger partial charge is 0.123 e. The van der Waals surface area contributed by atoms with Crippen molar-refractivity contribution in [2.75, 3.05) is 26.2 Å². The van der Waals surface area contributed by atoms with Crippen LogP contribution in [-0.2, 0) is 4.84 Å². The van der Waals surface area contributed by atoms with E-state index in [9.17, 15) is 0 Å². The molecule has 2 fully saturated rings. The van der Waals surface area contributed by atoms with Gasteiger partial charge in [-0.1, -0.05) is 5.16 Å². The van der Waals surface area contributed by atoms with E-state index in [1.54, 1.807) is 12.3 Å². The molecule has 0 radical (unpaired) electrons. The lowest BCUT2D eigenvalue weighted by Crippen LogP contribution is -2.21. The van der Waals surface area contributed by atoms with Crippen LogP contribution in [0.3, 0.4) is 0 Å². The number of aromatic nitrogens is 1. The van der Waals surface area contributed by atoms with Crippen molar-refractivity contribution >= 4 is 0 Å². The first-order chi connectivity index (χ1) is 7.50. The number of hydrogen-bond donors (Lipinski definition) is 3. The molecular weight excluding hydrogens is 196 g/mol. The first-order valence-electron chi connectivity index (χ1n) is 5.15. The fourth-order valence-corrected chi connectivity index (χ4v) is 0.978. The van der Waals surface area contributed by atoms with E-state index in [0.717, 1.165) is 26.2 Å². The van der Waals surface area contributed by atoms with Gasteiger partial charge in [-0.2, -0.15) is 0 Å². The second-order valence-electron chi connectivity index (χ2n) is 2.99. The largest absolute Gasteiger partial charge is 0.365 e. The van der Waals surface area contributed by atoms with Crippen LogP contribution >= 0.6 is 0 Å². The van der Waals surface area contributed by atoms with Crippen molar-refractivity contribution in [2.45, 2.75) is 12.8 Å². The van der Waals surface area contributed by atoms with E-state index in [-0.39, 0.29) is 0 Å². The van der Waals surface area contributed by atoms with Crippen LogP contribution in [0.5, 0.6) is 0 Å². The van der Waals surface area contributed by atoms with Crippen molar-refractivity contribution in [3.8, 4) is 0 Å². The normalized spacial score (nSPS) is 18.7. The molecule has 0 aliphatic carbocycles. The van der Waals surface area contributed by atoms with Gasteiger partial charge in [0.25, 0.3) is 0 Å². The van der Waals surface area contributed by atoms with E-state index < -0.39 is 0 Å². The summed E-state index contributed by atoms with van der Waals surface area (Å²) in [5, 5.41) is 3.35. The summed E-state index contributed by atoms with van der Waals surface area (Å²) in [5.41, 5.74) is 8.67. The highest BCUT2D eigenvalue weighted by atomic mass is 16.6. The van der Waals surface area contributed by atoms with Crippen LogP contribution in [0.15, 0.2) is 23.0 Å². The van der Waals surface area contributed by atoms with Gasteiger partial charge in [-0.25, -0.2) is 5.48 Å². The van der Waals surface area contributed by atoms with Gasteiger partial charge in [0.2, 0.25) is 0 Å². The second kappa shape index (κ2) is 9.60. The maximum absolute atomic E-state index is 4.69. The van der Waals surface area contributed by atoms with E-state index in [0.29, 0.717) is 0 Å². The average Bonchev–Trinajstić information content (AvgIpc) is 3.09. The molecule has 0 atom stereocenters. The number of rotatable bonds is 0. The van der Waals surface area contributed by atoms with E-state index >= 15 is 0 Å². The molecule has 0 unspecified atom stereocenters. The van der Waals surface area contributed by atoms with E-state index in [1.807, 2.05) is 0 Å². The van der Waals surface area contributed by atoms with Crippen LogP contribution < -0.4 is 16.3 Å². The molecule has 3 N–H and O–H groups in total. The molecule has 2 aliphatic heterocycles. The Labute approximate surface area is 89.3 Å². The highest BCUT2D eigenvalue weighted by Crippen LogP contribution is 1.83. The van der Waals surface area contributed by atoms with E-state index in [2.05, 4.69) is 26.0 Å². The zero-order chi connectivity index (χ0) is 10.6. The fourth-order valence-electron chi connectivity index (χ4n) is 0.978. The maximum atomic E-state index is 4.69. The summed E-state index contributed by atoms with van der Waals surface area (Å²) in [4.78, 5) is 4.69. The molecule has 0 amide bonds. The molecule has 0 saturated carbocycles. The van der Waals surface area contributed by atoms with Crippen LogP contribution in [0, 0.1) is 0 Å². The van der Waals surface area contributed by atoms with Crippen molar-refractivity contribution in [1.29, 1.82) is 0 Å². The fraction of sp³-hybridized carbons (Fsp3) is 0.667. The van der Waals surface area contributed by atoms with Crippen molar-refractivity contribution in [2.24, 2.45) is 0 Å². The molecule has 6 nitrogen and oxygen atoms in total. The summed E-state index contributed by atoms with van der Waals surface area (Å²) >= 11 is 0. The lowest BCUT2D eigenvalue weighted by atomic mass is 10.5. The molecule has 2 aliphatic rings. The summed E-state index contributed by atoms with van der Waals surface area (Å²) in [5.74, 6) is 0. The lowest BCUT2D eigenvalue weighted by Gasteiger charge is -1.81. The van der Waals surface area contributed by atoms with E-state index in [4.69, 9.17) is 4.84 Å². The van der Waals surface area contributed by atoms with Gasteiger partial charge in [0.15, 0.2) is 0 Å². The standard InChI is InChI=1S/C3H8N2.C3H7NO.C3H3NO/c3*1-2-4-5-3-1/h4-5H,1-3H2;4H,1-3H2;1-3H. The SMILES string of the molecule is C1CNNC1.C1CNOC1.c1cnoc1. The molecule has 3 rings (SSSR count). The van der Waals surface area contributed by atoms with Gasteiger partial charge in [0.1, 0.15) is 6.26 Å². The number of nitrogens with one attached hydrogen (secondary N) is 3. The molecular formula is C9H18N4O2. The molecule has 0 spiro atoms. The molecule has 1 aromatic heterocycles. The predicted octanol–water partition coefficient (Wildman–Crippen LogP) is 0.0702. The van der Waals surface area contributed by atoms with Gasteiger partial charge in [0.05, 0.1) is 12.8 Å². The number of nitrogens with zero attached hydrogens (tertiary/aromatic N) is 1. The van der Waals surface area contributed by atoms with Crippen LogP contribution in [0.25, 0.3) is 0 Å². The Bertz CT molecular complexity index is 155. The highest BCUT2D eigenvalue weighted by Gasteiger charge is 1.93. The van der Waals surface area contributed by atoms with Crippen LogP contribution in [0.2, 0.25) is 0 Å². The Hall–Kier alpha value is -0.950. The number of hydroxylamine groups is 1. The average molecular weight is 214 g/mol. The minimum Gasteiger partial charge on any atom is -0.365 e. The first-order valence-corrected chi connectivity index (χ1v) is 5.15. The van der Waals surface area contributed by atoms with Gasteiger partial charge in [-0.15, -0.1) is 0 Å². The maximum Gasteiger partial charge on any atom is 0.123 e. The summed E-state index contributed by atoms with van der Waals surface area (Å²) in [7, 11) is 0. The zero-order valence-corrected chi connectivity index (χ0v) is 8.74. The molecule has 3 heterocycles. The third-order valence-electron chi connectivity index (χ3n) is 1.70. The van der Waals surface area contributed by atoms with Crippen molar-refractivity contribution in [3.05, 3.63) is 18.5 Å². The highest BCUT2D eigenvalue weighted by molar-refractivity contribution is 4.67. The summed E-state index contributed by atoms with van der Waals surface area (Å²) < 4.78 is 4.33. The first kappa shape index (κ1) is 12.1. The lowest BCUT2D eigenvalue weighted by molar-refractivity contribution is 0.103. The third kappa shape index (κ3) is 8.07. The van der Waals surface area contributed by atoms with Gasteiger partial charge in [0, 0.05) is 19.6 Å². The summed E-state index contributed by atoms with van der Waals surface area (Å²) in [6.45, 7) is 4.19. The molecule has 86 valence electrons. The minimum atomic E-state index is 0.889. The van der Waals surface area contributed by atoms with Gasteiger partial charge in [-0.3, -0.25) is 10.9 Å². The quantitative estimate of drug-likeness (QED) is 0.567. The van der Waals surface area contributed by atoms with Crippen LogP contribution in [-0.4, -0.2) is 31.4 Å². The van der Waals surface area contributed by atoms with Crippen molar-refractivity contribution in [1.82, 2.24) is 21.5 Å². The monoisotopic (exact) mass is 214 g/mol. The van der Waals surface area contributed by atoms with Crippen molar-refractivity contribution < 1.29 is 9.36 Å². The number of hydrazine groups is 1. The Balaban J connectivity index is 0.000000112. The molecule has 0 bridgehead atoms. The molecule has 6 heteroatoms. The number of hydrogen-bond acceptors (Lipinski definition) is 6. The van der Waals surface area contributed by atoms with Gasteiger partial charge in [-0.05, 0) is 18.9 Å². The minimum absolute atomic E-state index is 0.889. The van der Waals surface area contributed by atoms with Crippen LogP contribution in [0.1, 0.15) is 12.8 Å². The zero-order valence-electron chi connectivity index (χ0n) is 8.74. The Morgan fingerprint density at radius 3 is 2.13 bits per heavy atom. The molecule has 1 aromatic rings. The summed E-state index contributed by atoms with van der Waals surface area (Å²) in [6, 6.07) is 1.72. The molecule has 15 heavy (non-hydrogen) atoms. The van der Waals surface area contributed by atoms with Crippen molar-refractivity contribution in [3.63, 3.8) is 0 Å². The van der Waals surface area contributed by atoms with Gasteiger partial charge < -0.3 is 9.36 Å². The van der Waals surface area contributed by atoms with E-state index in [1.165, 1.54) is 19.1 Å². The predicted molar refractivity (Wildman–Crippen MR) is 55.7 cm³/mol. The Morgan fingerprint density at radius 2 is 1.93 bits per heavy atom. The second-order valence-corrected chi connectivity index (χ2v) is 2.99. The van der Waals surface area contributed by atoms with Gasteiger partial charge >= 0.3 is 0 Å². The molecule has 0 aromatic carbocycles. The Kier molecular flexibility index (Phi) is 7.76. The topological polar surface area (TPSA) is 71.3 Å². The molecule has 2 saturated heterocycles. The Morgan fingerprint density at radius 1 is 1.07 bits per heavy atom. The third-order valence-corrected chi connectivity index (χ3v) is 1.70. The summed E-state index contributed by atoms with van der Waals surface area (Å²) in [6.07, 6.45) is 5.54. The van der Waals surface area contributed by atoms with Crippen LogP contribution in [0.4, 0.5) is 0 Å².